The average Bonchev–Trinajstić information content (AvgIpc) is 2.67. The second kappa shape index (κ2) is 10.9. The molecule has 2 aromatic rings. The van der Waals surface area contributed by atoms with Crippen molar-refractivity contribution in [1.82, 2.24) is 0 Å². The molecule has 0 amide bonds. The molecule has 0 aliphatic rings. The summed E-state index contributed by atoms with van der Waals surface area (Å²) in [5, 5.41) is 0. The van der Waals surface area contributed by atoms with Crippen molar-refractivity contribution in [3.63, 3.8) is 0 Å². The van der Waals surface area contributed by atoms with Crippen LogP contribution in [0.2, 0.25) is 0 Å². The van der Waals surface area contributed by atoms with Gasteiger partial charge in [0.25, 0.3) is 0 Å². The highest BCUT2D eigenvalue weighted by molar-refractivity contribution is 5.72. The fourth-order valence-electron chi connectivity index (χ4n) is 2.17. The summed E-state index contributed by atoms with van der Waals surface area (Å²) < 4.78 is 15.6. The van der Waals surface area contributed by atoms with Crippen LogP contribution in [0.5, 0.6) is 5.75 Å². The molecule has 5 heteroatoms. The first-order valence-corrected chi connectivity index (χ1v) is 8.74. The van der Waals surface area contributed by atoms with Gasteiger partial charge in [0, 0.05) is 0 Å². The third kappa shape index (κ3) is 7.38. The summed E-state index contributed by atoms with van der Waals surface area (Å²) in [5.74, 6) is -0.118. The van der Waals surface area contributed by atoms with Crippen molar-refractivity contribution in [2.24, 2.45) is 0 Å². The Hall–Kier alpha value is -2.82. The molecule has 0 saturated heterocycles. The highest BCUT2D eigenvalue weighted by Crippen LogP contribution is 2.13. The fourth-order valence-corrected chi connectivity index (χ4v) is 2.17. The van der Waals surface area contributed by atoms with Gasteiger partial charge in [-0.05, 0) is 29.7 Å². The van der Waals surface area contributed by atoms with Crippen LogP contribution >= 0.6 is 0 Å². The number of carbonyl (C=O) groups is 2. The van der Waals surface area contributed by atoms with Gasteiger partial charge in [-0.1, -0.05) is 55.8 Å². The molecular weight excluding hydrogens is 332 g/mol. The zero-order valence-corrected chi connectivity index (χ0v) is 15.0. The summed E-state index contributed by atoms with van der Waals surface area (Å²) in [4.78, 5) is 23.4. The molecule has 0 spiro atoms. The molecule has 0 aliphatic heterocycles. The van der Waals surface area contributed by atoms with E-state index in [4.69, 9.17) is 14.2 Å². The molecule has 0 radical (unpaired) electrons. The molecule has 2 aromatic carbocycles. The van der Waals surface area contributed by atoms with Gasteiger partial charge in [-0.25, -0.2) is 4.79 Å². The van der Waals surface area contributed by atoms with Gasteiger partial charge in [-0.2, -0.15) is 0 Å². The third-order valence-corrected chi connectivity index (χ3v) is 3.63. The quantitative estimate of drug-likeness (QED) is 0.480. The lowest BCUT2D eigenvalue weighted by molar-refractivity contribution is -0.146. The SMILES string of the molecule is CCCCOC(=O)COc1ccc(CC(=O)OCc2ccccc2)cc1. The maximum atomic E-state index is 11.9. The van der Waals surface area contributed by atoms with E-state index in [1.807, 2.05) is 37.3 Å². The summed E-state index contributed by atoms with van der Waals surface area (Å²) >= 11 is 0. The molecule has 0 atom stereocenters. The fraction of sp³-hybridized carbons (Fsp3) is 0.333. The van der Waals surface area contributed by atoms with Crippen molar-refractivity contribution in [2.75, 3.05) is 13.2 Å². The van der Waals surface area contributed by atoms with Crippen molar-refractivity contribution in [3.05, 3.63) is 65.7 Å². The van der Waals surface area contributed by atoms with Crippen LogP contribution in [-0.4, -0.2) is 25.2 Å². The number of ether oxygens (including phenoxy) is 3. The molecule has 138 valence electrons. The number of unbranched alkanes of at least 4 members (excludes halogenated alkanes) is 1. The zero-order valence-electron chi connectivity index (χ0n) is 15.0. The monoisotopic (exact) mass is 356 g/mol. The van der Waals surface area contributed by atoms with Crippen LogP contribution in [0, 0.1) is 0 Å². The lowest BCUT2D eigenvalue weighted by atomic mass is 10.1. The molecule has 0 saturated carbocycles. The summed E-state index contributed by atoms with van der Waals surface area (Å²) in [5.41, 5.74) is 1.77. The van der Waals surface area contributed by atoms with Crippen LogP contribution in [0.1, 0.15) is 30.9 Å². The molecule has 0 aliphatic carbocycles. The minimum Gasteiger partial charge on any atom is -0.482 e. The van der Waals surface area contributed by atoms with Crippen molar-refractivity contribution < 1.29 is 23.8 Å². The van der Waals surface area contributed by atoms with Gasteiger partial charge in [-0.15, -0.1) is 0 Å². The van der Waals surface area contributed by atoms with Gasteiger partial charge >= 0.3 is 11.9 Å². The topological polar surface area (TPSA) is 61.8 Å². The molecule has 0 bridgehead atoms. The number of rotatable bonds is 10. The minimum atomic E-state index is -0.382. The molecule has 0 fully saturated rings. The lowest BCUT2D eigenvalue weighted by Gasteiger charge is -2.08. The highest BCUT2D eigenvalue weighted by atomic mass is 16.6. The van der Waals surface area contributed by atoms with Crippen molar-refractivity contribution in [2.45, 2.75) is 32.8 Å². The van der Waals surface area contributed by atoms with Gasteiger partial charge in [0.1, 0.15) is 12.4 Å². The Balaban J connectivity index is 1.71. The van der Waals surface area contributed by atoms with E-state index >= 15 is 0 Å². The van der Waals surface area contributed by atoms with Crippen LogP contribution in [0.25, 0.3) is 0 Å². The normalized spacial score (nSPS) is 10.2. The lowest BCUT2D eigenvalue weighted by Crippen LogP contribution is -2.15. The first-order valence-electron chi connectivity index (χ1n) is 8.74. The summed E-state index contributed by atoms with van der Waals surface area (Å²) in [6, 6.07) is 16.5. The Morgan fingerprint density at radius 2 is 1.58 bits per heavy atom. The van der Waals surface area contributed by atoms with E-state index in [-0.39, 0.29) is 31.6 Å². The molecule has 5 nitrogen and oxygen atoms in total. The van der Waals surface area contributed by atoms with Gasteiger partial charge in [-0.3, -0.25) is 4.79 Å². The number of esters is 2. The van der Waals surface area contributed by atoms with Crippen LogP contribution in [0.3, 0.4) is 0 Å². The molecule has 2 rings (SSSR count). The molecule has 26 heavy (non-hydrogen) atoms. The number of hydrogen-bond acceptors (Lipinski definition) is 5. The van der Waals surface area contributed by atoms with E-state index in [0.717, 1.165) is 24.0 Å². The number of benzene rings is 2. The Bertz CT molecular complexity index is 679. The Kier molecular flexibility index (Phi) is 8.19. The predicted octanol–water partition coefficient (Wildman–Crippen LogP) is 3.69. The summed E-state index contributed by atoms with van der Waals surface area (Å²) in [7, 11) is 0. The van der Waals surface area contributed by atoms with Gasteiger partial charge in [0.05, 0.1) is 13.0 Å². The largest absolute Gasteiger partial charge is 0.482 e. The van der Waals surface area contributed by atoms with Crippen LogP contribution in [0.15, 0.2) is 54.6 Å². The molecular formula is C21H24O5. The summed E-state index contributed by atoms with van der Waals surface area (Å²) in [6.07, 6.45) is 2.01. The zero-order chi connectivity index (χ0) is 18.6. The summed E-state index contributed by atoms with van der Waals surface area (Å²) in [6.45, 7) is 2.59. The van der Waals surface area contributed by atoms with Crippen LogP contribution in [-0.2, 0) is 32.1 Å². The predicted molar refractivity (Wildman–Crippen MR) is 97.7 cm³/mol. The Morgan fingerprint density at radius 3 is 2.27 bits per heavy atom. The number of carbonyl (C=O) groups excluding carboxylic acids is 2. The maximum absolute atomic E-state index is 11.9. The van der Waals surface area contributed by atoms with E-state index < -0.39 is 0 Å². The Morgan fingerprint density at radius 1 is 0.846 bits per heavy atom. The first kappa shape index (κ1) is 19.5. The van der Waals surface area contributed by atoms with Crippen molar-refractivity contribution in [3.8, 4) is 5.75 Å². The van der Waals surface area contributed by atoms with E-state index in [1.165, 1.54) is 0 Å². The van der Waals surface area contributed by atoms with E-state index in [0.29, 0.717) is 12.4 Å². The van der Waals surface area contributed by atoms with E-state index in [1.54, 1.807) is 24.3 Å². The van der Waals surface area contributed by atoms with E-state index in [9.17, 15) is 9.59 Å². The average molecular weight is 356 g/mol. The first-order chi connectivity index (χ1) is 12.7. The molecule has 0 unspecified atom stereocenters. The van der Waals surface area contributed by atoms with Gasteiger partial charge < -0.3 is 14.2 Å². The van der Waals surface area contributed by atoms with Crippen molar-refractivity contribution >= 4 is 11.9 Å². The van der Waals surface area contributed by atoms with Crippen LogP contribution < -0.4 is 4.74 Å². The van der Waals surface area contributed by atoms with Crippen molar-refractivity contribution in [1.29, 1.82) is 0 Å². The number of hydrogen-bond donors (Lipinski definition) is 0. The standard InChI is InChI=1S/C21H24O5/c1-2-3-13-24-21(23)16-25-19-11-9-17(10-12-19)14-20(22)26-15-18-7-5-4-6-8-18/h4-12H,2-3,13-16H2,1H3. The maximum Gasteiger partial charge on any atom is 0.344 e. The molecule has 0 N–H and O–H groups in total. The second-order valence-corrected chi connectivity index (χ2v) is 5.83. The Labute approximate surface area is 153 Å². The van der Waals surface area contributed by atoms with Crippen LogP contribution in [0.4, 0.5) is 0 Å². The smallest absolute Gasteiger partial charge is 0.344 e. The molecule has 0 aromatic heterocycles. The van der Waals surface area contributed by atoms with Gasteiger partial charge in [0.2, 0.25) is 0 Å². The third-order valence-electron chi connectivity index (χ3n) is 3.63. The van der Waals surface area contributed by atoms with E-state index in [2.05, 4.69) is 0 Å². The second-order valence-electron chi connectivity index (χ2n) is 5.83. The highest BCUT2D eigenvalue weighted by Gasteiger charge is 2.07. The minimum absolute atomic E-state index is 0.123. The van der Waals surface area contributed by atoms with Gasteiger partial charge in [0.15, 0.2) is 6.61 Å². The molecule has 0 heterocycles.